The third-order valence-corrected chi connectivity index (χ3v) is 6.36. The third kappa shape index (κ3) is 3.36. The van der Waals surface area contributed by atoms with E-state index in [0.29, 0.717) is 16.9 Å². The predicted molar refractivity (Wildman–Crippen MR) is 123 cm³/mol. The Bertz CT molecular complexity index is 1390. The van der Waals surface area contributed by atoms with Crippen molar-refractivity contribution in [2.24, 2.45) is 7.05 Å². The number of ether oxygens (including phenoxy) is 1. The number of nitrogens with one attached hydrogen (secondary N) is 1. The second kappa shape index (κ2) is 7.86. The van der Waals surface area contributed by atoms with Gasteiger partial charge >= 0.3 is 5.69 Å². The predicted octanol–water partition coefficient (Wildman–Crippen LogP) is 0.815. The van der Waals surface area contributed by atoms with Gasteiger partial charge in [0.05, 0.1) is 7.11 Å². The zero-order valence-electron chi connectivity index (χ0n) is 18.5. The molecular weight excluding hydrogens is 410 g/mol. The normalized spacial score (nSPS) is 15.2. The van der Waals surface area contributed by atoms with Crippen molar-refractivity contribution in [2.75, 3.05) is 44.7 Å². The topological polar surface area (TPSA) is 92.8 Å². The number of methoxy groups -OCH3 is 1. The fourth-order valence-corrected chi connectivity index (χ4v) is 4.46. The quantitative estimate of drug-likeness (QED) is 0.497. The number of rotatable bonds is 5. The maximum atomic E-state index is 12.4. The Labute approximate surface area is 184 Å². The molecular formula is C22H27N7O3. The van der Waals surface area contributed by atoms with Crippen LogP contribution in [0.15, 0.2) is 40.1 Å². The average Bonchev–Trinajstić information content (AvgIpc) is 3.31. The molecule has 1 aliphatic rings. The van der Waals surface area contributed by atoms with Crippen molar-refractivity contribution < 1.29 is 4.74 Å². The average molecular weight is 438 g/mol. The minimum atomic E-state index is -0.457. The van der Waals surface area contributed by atoms with E-state index in [1.807, 2.05) is 25.3 Å². The summed E-state index contributed by atoms with van der Waals surface area (Å²) in [5, 5.41) is 0. The molecule has 1 fully saturated rings. The first-order valence-corrected chi connectivity index (χ1v) is 10.7. The minimum absolute atomic E-state index is 0.399. The van der Waals surface area contributed by atoms with E-state index in [1.54, 1.807) is 18.6 Å². The Morgan fingerprint density at radius 2 is 1.78 bits per heavy atom. The van der Waals surface area contributed by atoms with E-state index in [2.05, 4.69) is 36.5 Å². The fraction of sp³-hybridized carbons (Fsp3) is 0.409. The summed E-state index contributed by atoms with van der Waals surface area (Å²) in [6.45, 7) is 7.56. The van der Waals surface area contributed by atoms with Gasteiger partial charge in [0.1, 0.15) is 5.75 Å². The number of aromatic nitrogens is 5. The van der Waals surface area contributed by atoms with Crippen LogP contribution in [0.2, 0.25) is 0 Å². The van der Waals surface area contributed by atoms with Gasteiger partial charge in [0, 0.05) is 63.9 Å². The van der Waals surface area contributed by atoms with E-state index in [9.17, 15) is 9.59 Å². The van der Waals surface area contributed by atoms with Gasteiger partial charge < -0.3 is 14.2 Å². The van der Waals surface area contributed by atoms with Gasteiger partial charge in [-0.15, -0.1) is 0 Å². The second-order valence-electron chi connectivity index (χ2n) is 8.22. The zero-order valence-corrected chi connectivity index (χ0v) is 18.5. The summed E-state index contributed by atoms with van der Waals surface area (Å²) in [7, 11) is 3.30. The number of aryl methyl sites for hydroxylation is 2. The highest BCUT2D eigenvalue weighted by molar-refractivity contribution is 5.75. The first-order valence-electron chi connectivity index (χ1n) is 10.7. The number of H-pyrrole nitrogens is 1. The molecule has 0 atom stereocenters. The summed E-state index contributed by atoms with van der Waals surface area (Å²) in [6, 6.07) is 8.20. The Morgan fingerprint density at radius 1 is 1.06 bits per heavy atom. The number of nitrogens with zero attached hydrogens (tertiary/aromatic N) is 6. The lowest BCUT2D eigenvalue weighted by Crippen LogP contribution is -2.47. The van der Waals surface area contributed by atoms with Crippen molar-refractivity contribution in [3.05, 3.63) is 57.0 Å². The number of anilines is 1. The standard InChI is InChI=1S/C22H27N7O3/c1-15-14-29-18-19(25(2)22(31)24-20(18)30)23-21(29)28(15)13-10-26-8-11-27(12-9-26)16-4-6-17(32-3)7-5-16/h4-7,14H,8-13H2,1-3H3,(H,24,30,31). The molecule has 5 rings (SSSR count). The van der Waals surface area contributed by atoms with E-state index in [1.165, 1.54) is 10.3 Å². The smallest absolute Gasteiger partial charge is 0.329 e. The van der Waals surface area contributed by atoms with Crippen LogP contribution in [0.4, 0.5) is 5.69 Å². The zero-order chi connectivity index (χ0) is 22.4. The molecule has 0 saturated carbocycles. The number of piperazine rings is 1. The van der Waals surface area contributed by atoms with Crippen LogP contribution in [0.25, 0.3) is 16.9 Å². The lowest BCUT2D eigenvalue weighted by atomic mass is 10.2. The molecule has 0 radical (unpaired) electrons. The minimum Gasteiger partial charge on any atom is -0.497 e. The van der Waals surface area contributed by atoms with Crippen LogP contribution in [0.1, 0.15) is 5.69 Å². The number of imidazole rings is 2. The van der Waals surface area contributed by atoms with Crippen molar-refractivity contribution in [2.45, 2.75) is 13.5 Å². The van der Waals surface area contributed by atoms with Gasteiger partial charge in [0.15, 0.2) is 11.2 Å². The molecule has 1 aliphatic heterocycles. The number of benzene rings is 1. The molecule has 10 heteroatoms. The maximum absolute atomic E-state index is 12.4. The SMILES string of the molecule is COc1ccc(N2CCN(CCn3c(C)cn4c5c(=O)[nH]c(=O)n(C)c5nc34)CC2)cc1. The molecule has 0 spiro atoms. The lowest BCUT2D eigenvalue weighted by molar-refractivity contribution is 0.248. The third-order valence-electron chi connectivity index (χ3n) is 6.36. The van der Waals surface area contributed by atoms with Gasteiger partial charge in [-0.05, 0) is 31.2 Å². The molecule has 4 aromatic rings. The Kier molecular flexibility index (Phi) is 5.01. The van der Waals surface area contributed by atoms with Crippen LogP contribution in [-0.4, -0.2) is 68.2 Å². The van der Waals surface area contributed by atoms with Crippen molar-refractivity contribution in [1.29, 1.82) is 0 Å². The van der Waals surface area contributed by atoms with Crippen LogP contribution >= 0.6 is 0 Å². The summed E-state index contributed by atoms with van der Waals surface area (Å²) in [5.41, 5.74) is 2.17. The molecule has 10 nitrogen and oxygen atoms in total. The van der Waals surface area contributed by atoms with Crippen LogP contribution in [0, 0.1) is 6.92 Å². The van der Waals surface area contributed by atoms with Crippen molar-refractivity contribution in [3.63, 3.8) is 0 Å². The number of fused-ring (bicyclic) bond motifs is 3. The van der Waals surface area contributed by atoms with Crippen LogP contribution in [-0.2, 0) is 13.6 Å². The molecule has 4 heterocycles. The fourth-order valence-electron chi connectivity index (χ4n) is 4.46. The highest BCUT2D eigenvalue weighted by Crippen LogP contribution is 2.21. The molecule has 0 unspecified atom stereocenters. The summed E-state index contributed by atoms with van der Waals surface area (Å²) in [6.07, 6.45) is 1.91. The van der Waals surface area contributed by atoms with Crippen LogP contribution in [0.3, 0.4) is 0 Å². The number of hydrogen-bond acceptors (Lipinski definition) is 6. The molecule has 168 valence electrons. The molecule has 3 aromatic heterocycles. The summed E-state index contributed by atoms with van der Waals surface area (Å²) < 4.78 is 10.5. The number of hydrogen-bond donors (Lipinski definition) is 1. The molecule has 0 aliphatic carbocycles. The monoisotopic (exact) mass is 437 g/mol. The second-order valence-corrected chi connectivity index (χ2v) is 8.22. The van der Waals surface area contributed by atoms with E-state index < -0.39 is 11.2 Å². The van der Waals surface area contributed by atoms with Crippen LogP contribution < -0.4 is 20.9 Å². The molecule has 1 N–H and O–H groups in total. The van der Waals surface area contributed by atoms with Crippen LogP contribution in [0.5, 0.6) is 5.75 Å². The van der Waals surface area contributed by atoms with Gasteiger partial charge in [0.2, 0.25) is 5.78 Å². The van der Waals surface area contributed by atoms with Gasteiger partial charge in [-0.3, -0.25) is 23.6 Å². The van der Waals surface area contributed by atoms with E-state index in [0.717, 1.165) is 50.7 Å². The Morgan fingerprint density at radius 3 is 2.47 bits per heavy atom. The van der Waals surface area contributed by atoms with E-state index >= 15 is 0 Å². The van der Waals surface area contributed by atoms with E-state index in [-0.39, 0.29) is 0 Å². The first kappa shape index (κ1) is 20.4. The molecule has 0 bridgehead atoms. The summed E-state index contributed by atoms with van der Waals surface area (Å²) in [5.74, 6) is 1.55. The first-order chi connectivity index (χ1) is 15.5. The van der Waals surface area contributed by atoms with Gasteiger partial charge in [0.25, 0.3) is 5.56 Å². The van der Waals surface area contributed by atoms with Gasteiger partial charge in [-0.25, -0.2) is 4.79 Å². The van der Waals surface area contributed by atoms with Crippen molar-refractivity contribution >= 4 is 22.6 Å². The lowest BCUT2D eigenvalue weighted by Gasteiger charge is -2.36. The highest BCUT2D eigenvalue weighted by atomic mass is 16.5. The Hall–Kier alpha value is -3.53. The summed E-state index contributed by atoms with van der Waals surface area (Å²) >= 11 is 0. The van der Waals surface area contributed by atoms with Gasteiger partial charge in [-0.1, -0.05) is 0 Å². The largest absolute Gasteiger partial charge is 0.497 e. The van der Waals surface area contributed by atoms with Crippen molar-refractivity contribution in [1.82, 2.24) is 28.4 Å². The maximum Gasteiger partial charge on any atom is 0.329 e. The summed E-state index contributed by atoms with van der Waals surface area (Å²) in [4.78, 5) is 36.1. The van der Waals surface area contributed by atoms with Crippen molar-refractivity contribution in [3.8, 4) is 5.75 Å². The Balaban J connectivity index is 1.30. The number of aromatic amines is 1. The molecule has 1 aromatic carbocycles. The van der Waals surface area contributed by atoms with Gasteiger partial charge in [-0.2, -0.15) is 4.98 Å². The highest BCUT2D eigenvalue weighted by Gasteiger charge is 2.20. The molecule has 0 amide bonds. The molecule has 1 saturated heterocycles. The van der Waals surface area contributed by atoms with E-state index in [4.69, 9.17) is 4.74 Å². The molecule has 32 heavy (non-hydrogen) atoms.